The molecule has 0 saturated carbocycles. The summed E-state index contributed by atoms with van der Waals surface area (Å²) >= 11 is 0. The van der Waals surface area contributed by atoms with Crippen molar-refractivity contribution in [2.45, 2.75) is 18.4 Å². The summed E-state index contributed by atoms with van der Waals surface area (Å²) in [6, 6.07) is 0. The van der Waals surface area contributed by atoms with Crippen LogP contribution in [0.15, 0.2) is 11.6 Å². The first-order chi connectivity index (χ1) is 7.71. The third-order valence-electron chi connectivity index (χ3n) is 1.81. The van der Waals surface area contributed by atoms with Gasteiger partial charge in [0, 0.05) is 5.57 Å². The molecule has 1 unspecified atom stereocenters. The van der Waals surface area contributed by atoms with Crippen LogP contribution in [0.3, 0.4) is 0 Å². The number of carboxylic acid groups (broad SMARTS) is 1. The Morgan fingerprint density at radius 3 is 1.83 bits per heavy atom. The molecule has 0 aromatic heterocycles. The van der Waals surface area contributed by atoms with Gasteiger partial charge in [0.05, 0.1) is 0 Å². The zero-order chi connectivity index (χ0) is 14.9. The molecule has 0 aliphatic rings. The van der Waals surface area contributed by atoms with Crippen molar-refractivity contribution in [3.05, 3.63) is 11.6 Å². The highest BCUT2D eigenvalue weighted by atomic mass is 32.2. The standard InChI is InChI=1S/C7H7F5O5S/c1-3(5(13)14)2-4(6(8,9)10)7(11,12)18(15,16)17/h2,4H,1H3,(H,13,14)(H,15,16,17). The van der Waals surface area contributed by atoms with Crippen LogP contribution in [0.25, 0.3) is 0 Å². The van der Waals surface area contributed by atoms with Gasteiger partial charge in [0.2, 0.25) is 0 Å². The van der Waals surface area contributed by atoms with Crippen molar-refractivity contribution >= 4 is 16.1 Å². The molecule has 1 atom stereocenters. The molecule has 0 amide bonds. The van der Waals surface area contributed by atoms with Gasteiger partial charge in [-0.1, -0.05) is 6.08 Å². The molecule has 0 aliphatic carbocycles. The van der Waals surface area contributed by atoms with E-state index in [1.165, 1.54) is 0 Å². The molecule has 0 heterocycles. The number of carbonyl (C=O) groups is 1. The third kappa shape index (κ3) is 3.63. The number of alkyl halides is 5. The monoisotopic (exact) mass is 298 g/mol. The maximum absolute atomic E-state index is 12.9. The van der Waals surface area contributed by atoms with Gasteiger partial charge in [0.15, 0.2) is 5.92 Å². The Morgan fingerprint density at radius 1 is 1.22 bits per heavy atom. The van der Waals surface area contributed by atoms with Gasteiger partial charge < -0.3 is 5.11 Å². The fourth-order valence-electron chi connectivity index (χ4n) is 0.864. The van der Waals surface area contributed by atoms with Crippen molar-refractivity contribution in [1.82, 2.24) is 0 Å². The first kappa shape index (κ1) is 16.8. The number of aliphatic carboxylic acids is 1. The predicted octanol–water partition coefficient (Wildman–Crippen LogP) is 1.68. The third-order valence-corrected chi connectivity index (χ3v) is 2.75. The Kier molecular flexibility index (Phi) is 4.47. The van der Waals surface area contributed by atoms with Gasteiger partial charge in [-0.25, -0.2) is 4.79 Å². The average molecular weight is 298 g/mol. The molecule has 0 bridgehead atoms. The molecule has 0 radical (unpaired) electrons. The quantitative estimate of drug-likeness (QED) is 0.468. The van der Waals surface area contributed by atoms with E-state index in [-0.39, 0.29) is 0 Å². The Labute approximate surface area is 97.7 Å². The van der Waals surface area contributed by atoms with Crippen LogP contribution < -0.4 is 0 Å². The van der Waals surface area contributed by atoms with Crippen LogP contribution in [0, 0.1) is 5.92 Å². The molecule has 106 valence electrons. The van der Waals surface area contributed by atoms with Gasteiger partial charge in [-0.3, -0.25) is 4.55 Å². The van der Waals surface area contributed by atoms with Crippen molar-refractivity contribution < 1.29 is 44.8 Å². The molecule has 0 aromatic carbocycles. The molecule has 0 spiro atoms. The van der Waals surface area contributed by atoms with Gasteiger partial charge in [0.25, 0.3) is 0 Å². The largest absolute Gasteiger partial charge is 0.478 e. The summed E-state index contributed by atoms with van der Waals surface area (Å²) in [5, 5.41) is 2.69. The van der Waals surface area contributed by atoms with Crippen molar-refractivity contribution in [3.63, 3.8) is 0 Å². The van der Waals surface area contributed by atoms with Crippen molar-refractivity contribution in [1.29, 1.82) is 0 Å². The van der Waals surface area contributed by atoms with Crippen molar-refractivity contribution in [2.24, 2.45) is 5.92 Å². The Bertz CT molecular complexity index is 463. The van der Waals surface area contributed by atoms with E-state index in [9.17, 15) is 35.2 Å². The van der Waals surface area contributed by atoms with Crippen LogP contribution in [0.2, 0.25) is 0 Å². The SMILES string of the molecule is CC(=CC(C(F)(F)F)C(F)(F)S(=O)(=O)O)C(=O)O. The fraction of sp³-hybridized carbons (Fsp3) is 0.571. The lowest BCUT2D eigenvalue weighted by Gasteiger charge is -2.24. The van der Waals surface area contributed by atoms with E-state index in [0.717, 1.165) is 0 Å². The number of carboxylic acids is 1. The lowest BCUT2D eigenvalue weighted by atomic mass is 10.1. The molecule has 0 aromatic rings. The van der Waals surface area contributed by atoms with Crippen LogP contribution in [-0.2, 0) is 14.9 Å². The van der Waals surface area contributed by atoms with Gasteiger partial charge in [-0.05, 0) is 6.92 Å². The Hall–Kier alpha value is -1.23. The van der Waals surface area contributed by atoms with E-state index in [2.05, 4.69) is 0 Å². The lowest BCUT2D eigenvalue weighted by molar-refractivity contribution is -0.202. The van der Waals surface area contributed by atoms with Crippen LogP contribution in [-0.4, -0.2) is 35.5 Å². The van der Waals surface area contributed by atoms with Gasteiger partial charge >= 0.3 is 27.5 Å². The topological polar surface area (TPSA) is 91.7 Å². The molecule has 0 fully saturated rings. The second-order valence-corrected chi connectivity index (χ2v) is 4.71. The highest BCUT2D eigenvalue weighted by Gasteiger charge is 2.62. The van der Waals surface area contributed by atoms with Gasteiger partial charge in [0.1, 0.15) is 0 Å². The summed E-state index contributed by atoms with van der Waals surface area (Å²) in [5.41, 5.74) is -1.14. The van der Waals surface area contributed by atoms with Crippen LogP contribution in [0.5, 0.6) is 0 Å². The molecular formula is C7H7F5O5S. The maximum atomic E-state index is 12.9. The number of rotatable bonds is 4. The van der Waals surface area contributed by atoms with Crippen molar-refractivity contribution in [2.75, 3.05) is 0 Å². The summed E-state index contributed by atoms with van der Waals surface area (Å²) < 4.78 is 91.2. The Morgan fingerprint density at radius 2 is 1.61 bits per heavy atom. The zero-order valence-corrected chi connectivity index (χ0v) is 9.39. The number of allylic oxidation sites excluding steroid dienone is 1. The summed E-state index contributed by atoms with van der Waals surface area (Å²) in [6.45, 7) is 0.571. The molecular weight excluding hydrogens is 291 g/mol. The van der Waals surface area contributed by atoms with E-state index in [0.29, 0.717) is 6.92 Å². The number of hydrogen-bond acceptors (Lipinski definition) is 3. The summed E-state index contributed by atoms with van der Waals surface area (Å²) in [4.78, 5) is 10.2. The molecule has 5 nitrogen and oxygen atoms in total. The molecule has 0 rings (SSSR count). The van der Waals surface area contributed by atoms with E-state index < -0.39 is 45.1 Å². The first-order valence-electron chi connectivity index (χ1n) is 4.04. The summed E-state index contributed by atoms with van der Waals surface area (Å²) in [7, 11) is -6.35. The number of halogens is 5. The van der Waals surface area contributed by atoms with Crippen LogP contribution in [0.1, 0.15) is 6.92 Å². The molecule has 2 N–H and O–H groups in total. The highest BCUT2D eigenvalue weighted by molar-refractivity contribution is 7.86. The van der Waals surface area contributed by atoms with Crippen molar-refractivity contribution in [3.8, 4) is 0 Å². The molecule has 0 aliphatic heterocycles. The first-order valence-corrected chi connectivity index (χ1v) is 5.48. The predicted molar refractivity (Wildman–Crippen MR) is 47.4 cm³/mol. The minimum absolute atomic E-state index is 0.476. The number of hydrogen-bond donors (Lipinski definition) is 2. The highest BCUT2D eigenvalue weighted by Crippen LogP contribution is 2.42. The van der Waals surface area contributed by atoms with E-state index in [1.54, 1.807) is 0 Å². The minimum Gasteiger partial charge on any atom is -0.478 e. The minimum atomic E-state index is -6.35. The van der Waals surface area contributed by atoms with E-state index >= 15 is 0 Å². The second kappa shape index (κ2) is 4.80. The van der Waals surface area contributed by atoms with Gasteiger partial charge in [-0.2, -0.15) is 30.4 Å². The molecule has 11 heteroatoms. The van der Waals surface area contributed by atoms with E-state index in [1.807, 2.05) is 0 Å². The second-order valence-electron chi connectivity index (χ2n) is 3.21. The molecule has 0 saturated heterocycles. The Balaban J connectivity index is 5.85. The average Bonchev–Trinajstić information content (AvgIpc) is 2.09. The fourth-order valence-corrected chi connectivity index (χ4v) is 1.39. The summed E-state index contributed by atoms with van der Waals surface area (Å²) in [6.07, 6.45) is -6.23. The zero-order valence-electron chi connectivity index (χ0n) is 8.57. The van der Waals surface area contributed by atoms with Crippen LogP contribution >= 0.6 is 0 Å². The normalized spacial score (nSPS) is 16.5. The van der Waals surface area contributed by atoms with Crippen LogP contribution in [0.4, 0.5) is 22.0 Å². The summed E-state index contributed by atoms with van der Waals surface area (Å²) in [5.74, 6) is -5.90. The van der Waals surface area contributed by atoms with Gasteiger partial charge in [-0.15, -0.1) is 0 Å². The smallest absolute Gasteiger partial charge is 0.402 e. The lowest BCUT2D eigenvalue weighted by Crippen LogP contribution is -2.44. The van der Waals surface area contributed by atoms with E-state index in [4.69, 9.17) is 9.66 Å². The maximum Gasteiger partial charge on any atom is 0.402 e. The molecule has 18 heavy (non-hydrogen) atoms.